The van der Waals surface area contributed by atoms with Crippen LogP contribution in [0.15, 0.2) is 65.3 Å². The number of nitrogens with zero attached hydrogens (tertiary/aromatic N) is 3. The maximum Gasteiger partial charge on any atom is 0.260 e. The van der Waals surface area contributed by atoms with Gasteiger partial charge in [-0.2, -0.15) is 0 Å². The summed E-state index contributed by atoms with van der Waals surface area (Å²) in [4.78, 5) is 24.2. The largest absolute Gasteiger partial charge is 0.278 e. The molecule has 0 N–H and O–H groups in total. The van der Waals surface area contributed by atoms with Crippen molar-refractivity contribution in [3.63, 3.8) is 0 Å². The van der Waals surface area contributed by atoms with Gasteiger partial charge in [0, 0.05) is 16.2 Å². The Bertz CT molecular complexity index is 1160. The average molecular weight is 452 g/mol. The number of hydrogen-bond acceptors (Lipinski definition) is 4. The summed E-state index contributed by atoms with van der Waals surface area (Å²) in [5.74, 6) is -0.0770. The monoisotopic (exact) mass is 451 g/mol. The Morgan fingerprint density at radius 2 is 1.93 bits per heavy atom. The molecule has 2 heterocycles. The number of thiazole rings is 1. The quantitative estimate of drug-likeness (QED) is 0.386. The van der Waals surface area contributed by atoms with Gasteiger partial charge in [-0.1, -0.05) is 39.4 Å². The van der Waals surface area contributed by atoms with Crippen molar-refractivity contribution < 1.29 is 4.79 Å². The van der Waals surface area contributed by atoms with Crippen LogP contribution in [0.25, 0.3) is 10.2 Å². The number of halogens is 1. The summed E-state index contributed by atoms with van der Waals surface area (Å²) >= 11 is 5.01. The lowest BCUT2D eigenvalue weighted by Crippen LogP contribution is -2.30. The first-order valence-electron chi connectivity index (χ1n) is 8.86. The molecule has 28 heavy (non-hydrogen) atoms. The normalized spacial score (nSPS) is 11.0. The lowest BCUT2D eigenvalue weighted by atomic mass is 10.1. The Balaban J connectivity index is 1.78. The van der Waals surface area contributed by atoms with Crippen LogP contribution in [0.1, 0.15) is 27.2 Å². The Morgan fingerprint density at radius 3 is 2.68 bits per heavy atom. The molecule has 0 aliphatic carbocycles. The van der Waals surface area contributed by atoms with E-state index in [0.29, 0.717) is 17.2 Å². The molecule has 4 rings (SSSR count). The molecular weight excluding hydrogens is 434 g/mol. The number of carbonyl (C=O) groups excluding carboxylic acids is 1. The van der Waals surface area contributed by atoms with Gasteiger partial charge in [-0.05, 0) is 67.4 Å². The third kappa shape index (κ3) is 3.84. The van der Waals surface area contributed by atoms with Gasteiger partial charge in [0.05, 0.1) is 22.5 Å². The highest BCUT2D eigenvalue weighted by Crippen LogP contribution is 2.32. The first-order valence-corrected chi connectivity index (χ1v) is 10.5. The molecule has 4 aromatic rings. The van der Waals surface area contributed by atoms with E-state index in [1.807, 2.05) is 68.4 Å². The zero-order valence-electron chi connectivity index (χ0n) is 15.5. The van der Waals surface area contributed by atoms with Crippen LogP contribution in [0.3, 0.4) is 0 Å². The predicted molar refractivity (Wildman–Crippen MR) is 118 cm³/mol. The molecule has 0 radical (unpaired) electrons. The van der Waals surface area contributed by atoms with E-state index in [4.69, 9.17) is 4.98 Å². The summed E-state index contributed by atoms with van der Waals surface area (Å²) in [5.41, 5.74) is 4.61. The van der Waals surface area contributed by atoms with Gasteiger partial charge in [0.15, 0.2) is 5.13 Å². The van der Waals surface area contributed by atoms with E-state index in [1.165, 1.54) is 11.3 Å². The van der Waals surface area contributed by atoms with Crippen LogP contribution in [0.4, 0.5) is 5.13 Å². The fourth-order valence-corrected chi connectivity index (χ4v) is 4.43. The highest BCUT2D eigenvalue weighted by Gasteiger charge is 2.22. The van der Waals surface area contributed by atoms with Crippen molar-refractivity contribution in [1.29, 1.82) is 0 Å². The number of fused-ring (bicyclic) bond motifs is 1. The Hall–Kier alpha value is -2.57. The number of aryl methyl sites for hydroxylation is 2. The maximum atomic E-state index is 13.4. The van der Waals surface area contributed by atoms with E-state index in [1.54, 1.807) is 11.1 Å². The Labute approximate surface area is 176 Å². The number of rotatable bonds is 4. The van der Waals surface area contributed by atoms with Gasteiger partial charge in [0.2, 0.25) is 0 Å². The van der Waals surface area contributed by atoms with Crippen LogP contribution in [0.5, 0.6) is 0 Å². The fraction of sp³-hybridized carbons (Fsp3) is 0.136. The molecule has 2 aromatic heterocycles. The molecule has 0 fully saturated rings. The van der Waals surface area contributed by atoms with Crippen LogP contribution in [0.2, 0.25) is 0 Å². The highest BCUT2D eigenvalue weighted by atomic mass is 79.9. The van der Waals surface area contributed by atoms with E-state index in [9.17, 15) is 4.79 Å². The van der Waals surface area contributed by atoms with Crippen LogP contribution >= 0.6 is 27.3 Å². The first kappa shape index (κ1) is 18.8. The summed E-state index contributed by atoms with van der Waals surface area (Å²) in [6.07, 6.45) is 1.74. The van der Waals surface area contributed by atoms with Gasteiger partial charge in [0.1, 0.15) is 0 Å². The number of pyridine rings is 1. The van der Waals surface area contributed by atoms with Crippen LogP contribution in [0, 0.1) is 13.8 Å². The number of amides is 1. The molecule has 2 aromatic carbocycles. The topological polar surface area (TPSA) is 46.1 Å². The third-order valence-corrected chi connectivity index (χ3v) is 6.15. The van der Waals surface area contributed by atoms with Gasteiger partial charge in [0.25, 0.3) is 5.91 Å². The molecule has 1 amide bonds. The second-order valence-electron chi connectivity index (χ2n) is 6.62. The van der Waals surface area contributed by atoms with Gasteiger partial charge < -0.3 is 0 Å². The van der Waals surface area contributed by atoms with Crippen LogP contribution in [-0.4, -0.2) is 15.9 Å². The lowest BCUT2D eigenvalue weighted by molar-refractivity contribution is 0.0984. The average Bonchev–Trinajstić information content (AvgIpc) is 3.11. The van der Waals surface area contributed by atoms with Crippen molar-refractivity contribution in [2.45, 2.75) is 20.4 Å². The van der Waals surface area contributed by atoms with Crippen LogP contribution < -0.4 is 4.90 Å². The first-order chi connectivity index (χ1) is 13.5. The maximum absolute atomic E-state index is 13.4. The third-order valence-electron chi connectivity index (χ3n) is 4.62. The standard InChI is InChI=1S/C22H18BrN3OS/c1-14-6-7-16(11-15(14)2)21(27)26(13-18-5-3-4-10-24-18)22-25-19-9-8-17(23)12-20(19)28-22/h3-12H,13H2,1-2H3. The fourth-order valence-electron chi connectivity index (χ4n) is 2.91. The number of carbonyl (C=O) groups is 1. The summed E-state index contributed by atoms with van der Waals surface area (Å²) in [6, 6.07) is 17.5. The van der Waals surface area contributed by atoms with Gasteiger partial charge in [-0.15, -0.1) is 0 Å². The molecule has 0 aliphatic heterocycles. The molecule has 0 bridgehead atoms. The van der Waals surface area contributed by atoms with Crippen molar-refractivity contribution >= 4 is 48.5 Å². The number of aromatic nitrogens is 2. The second-order valence-corrected chi connectivity index (χ2v) is 8.54. The van der Waals surface area contributed by atoms with E-state index < -0.39 is 0 Å². The molecule has 6 heteroatoms. The summed E-state index contributed by atoms with van der Waals surface area (Å²) in [5, 5.41) is 0.669. The van der Waals surface area contributed by atoms with Gasteiger partial charge in [-0.3, -0.25) is 14.7 Å². The van der Waals surface area contributed by atoms with Gasteiger partial charge in [-0.25, -0.2) is 4.98 Å². The minimum Gasteiger partial charge on any atom is -0.278 e. The van der Waals surface area contributed by atoms with Gasteiger partial charge >= 0.3 is 0 Å². The minimum atomic E-state index is -0.0770. The zero-order chi connectivity index (χ0) is 19.7. The number of anilines is 1. The summed E-state index contributed by atoms with van der Waals surface area (Å²) in [7, 11) is 0. The molecular formula is C22H18BrN3OS. The van der Waals surface area contributed by atoms with Crippen molar-refractivity contribution in [1.82, 2.24) is 9.97 Å². The molecule has 0 spiro atoms. The van der Waals surface area contributed by atoms with Crippen molar-refractivity contribution in [3.8, 4) is 0 Å². The van der Waals surface area contributed by atoms with Crippen molar-refractivity contribution in [2.24, 2.45) is 0 Å². The molecule has 0 aliphatic rings. The molecule has 4 nitrogen and oxygen atoms in total. The second kappa shape index (κ2) is 7.81. The Kier molecular flexibility index (Phi) is 5.24. The van der Waals surface area contributed by atoms with E-state index in [-0.39, 0.29) is 5.91 Å². The van der Waals surface area contributed by atoms with Crippen LogP contribution in [-0.2, 0) is 6.54 Å². The molecule has 0 unspecified atom stereocenters. The summed E-state index contributed by atoms with van der Waals surface area (Å²) < 4.78 is 2.02. The molecule has 0 atom stereocenters. The molecule has 0 saturated carbocycles. The molecule has 140 valence electrons. The zero-order valence-corrected chi connectivity index (χ0v) is 17.9. The smallest absolute Gasteiger partial charge is 0.260 e. The minimum absolute atomic E-state index is 0.0770. The molecule has 0 saturated heterocycles. The van der Waals surface area contributed by atoms with E-state index in [2.05, 4.69) is 20.9 Å². The summed E-state index contributed by atoms with van der Waals surface area (Å²) in [6.45, 7) is 4.43. The SMILES string of the molecule is Cc1ccc(C(=O)N(Cc2ccccn2)c2nc3ccc(Br)cc3s2)cc1C. The van der Waals surface area contributed by atoms with E-state index in [0.717, 1.165) is 31.5 Å². The highest BCUT2D eigenvalue weighted by molar-refractivity contribution is 9.10. The van der Waals surface area contributed by atoms with Crippen molar-refractivity contribution in [3.05, 3.63) is 87.7 Å². The van der Waals surface area contributed by atoms with E-state index >= 15 is 0 Å². The predicted octanol–water partition coefficient (Wildman–Crippen LogP) is 5.92. The number of benzene rings is 2. The van der Waals surface area contributed by atoms with Crippen molar-refractivity contribution in [2.75, 3.05) is 4.90 Å². The number of hydrogen-bond donors (Lipinski definition) is 0. The Morgan fingerprint density at radius 1 is 1.07 bits per heavy atom. The lowest BCUT2D eigenvalue weighted by Gasteiger charge is -2.20.